The Bertz CT molecular complexity index is 324. The molecular weight excluding hydrogens is 214 g/mol. The third-order valence-corrected chi connectivity index (χ3v) is 3.38. The molecule has 0 aliphatic heterocycles. The van der Waals surface area contributed by atoms with Crippen molar-refractivity contribution < 1.29 is 5.11 Å². The van der Waals surface area contributed by atoms with Gasteiger partial charge in [-0.2, -0.15) is 5.10 Å². The van der Waals surface area contributed by atoms with Gasteiger partial charge in [0.15, 0.2) is 0 Å². The molecule has 2 N–H and O–H groups in total. The highest BCUT2D eigenvalue weighted by Gasteiger charge is 2.20. The van der Waals surface area contributed by atoms with Crippen LogP contribution in [0.4, 0.5) is 0 Å². The summed E-state index contributed by atoms with van der Waals surface area (Å²) in [6, 6.07) is 2.05. The number of rotatable bonds is 8. The van der Waals surface area contributed by atoms with Crippen LogP contribution in [0.25, 0.3) is 0 Å². The summed E-state index contributed by atoms with van der Waals surface area (Å²) in [7, 11) is 0. The van der Waals surface area contributed by atoms with Gasteiger partial charge >= 0.3 is 0 Å². The van der Waals surface area contributed by atoms with Crippen LogP contribution in [0.1, 0.15) is 45.7 Å². The second-order valence-electron chi connectivity index (χ2n) is 4.79. The monoisotopic (exact) mass is 239 g/mol. The SMILES string of the molecule is CCCn1nccc1CNC(C)(CC)CCO. The first kappa shape index (κ1) is 14.2. The highest BCUT2D eigenvalue weighted by Crippen LogP contribution is 2.14. The van der Waals surface area contributed by atoms with E-state index in [-0.39, 0.29) is 12.1 Å². The molecule has 1 atom stereocenters. The van der Waals surface area contributed by atoms with Crippen molar-refractivity contribution in [3.8, 4) is 0 Å². The minimum Gasteiger partial charge on any atom is -0.396 e. The van der Waals surface area contributed by atoms with Gasteiger partial charge in [-0.15, -0.1) is 0 Å². The molecule has 0 bridgehead atoms. The van der Waals surface area contributed by atoms with Crippen molar-refractivity contribution in [2.45, 2.75) is 58.7 Å². The van der Waals surface area contributed by atoms with Crippen LogP contribution in [0.2, 0.25) is 0 Å². The molecule has 0 aliphatic rings. The first-order valence-electron chi connectivity index (χ1n) is 6.51. The average molecular weight is 239 g/mol. The molecule has 0 aliphatic carbocycles. The highest BCUT2D eigenvalue weighted by atomic mass is 16.3. The second-order valence-corrected chi connectivity index (χ2v) is 4.79. The van der Waals surface area contributed by atoms with E-state index in [0.717, 1.165) is 32.4 Å². The summed E-state index contributed by atoms with van der Waals surface area (Å²) in [5.74, 6) is 0. The number of hydrogen-bond acceptors (Lipinski definition) is 3. The van der Waals surface area contributed by atoms with Crippen molar-refractivity contribution >= 4 is 0 Å². The topological polar surface area (TPSA) is 50.1 Å². The van der Waals surface area contributed by atoms with E-state index in [2.05, 4.69) is 37.3 Å². The number of nitrogens with zero attached hydrogens (tertiary/aromatic N) is 2. The third kappa shape index (κ3) is 4.13. The van der Waals surface area contributed by atoms with Gasteiger partial charge in [0.2, 0.25) is 0 Å². The van der Waals surface area contributed by atoms with Crippen LogP contribution in [0, 0.1) is 0 Å². The summed E-state index contributed by atoms with van der Waals surface area (Å²) in [6.07, 6.45) is 4.74. The van der Waals surface area contributed by atoms with Crippen molar-refractivity contribution in [3.63, 3.8) is 0 Å². The van der Waals surface area contributed by atoms with Crippen LogP contribution in [-0.2, 0) is 13.1 Å². The molecule has 4 heteroatoms. The molecule has 1 heterocycles. The van der Waals surface area contributed by atoms with E-state index < -0.39 is 0 Å². The first-order chi connectivity index (χ1) is 8.15. The molecule has 0 aromatic carbocycles. The Hall–Kier alpha value is -0.870. The molecule has 0 radical (unpaired) electrons. The van der Waals surface area contributed by atoms with Gasteiger partial charge < -0.3 is 10.4 Å². The van der Waals surface area contributed by atoms with Crippen LogP contribution in [0.5, 0.6) is 0 Å². The summed E-state index contributed by atoms with van der Waals surface area (Å²) in [5, 5.41) is 16.9. The summed E-state index contributed by atoms with van der Waals surface area (Å²) in [5.41, 5.74) is 1.22. The molecule has 1 unspecified atom stereocenters. The van der Waals surface area contributed by atoms with Crippen LogP contribution in [0.3, 0.4) is 0 Å². The van der Waals surface area contributed by atoms with E-state index in [9.17, 15) is 0 Å². The zero-order valence-corrected chi connectivity index (χ0v) is 11.2. The van der Waals surface area contributed by atoms with Crippen molar-refractivity contribution in [3.05, 3.63) is 18.0 Å². The maximum atomic E-state index is 9.07. The van der Waals surface area contributed by atoms with Gasteiger partial charge in [-0.25, -0.2) is 0 Å². The maximum Gasteiger partial charge on any atom is 0.0522 e. The fourth-order valence-electron chi connectivity index (χ4n) is 1.86. The molecule has 4 nitrogen and oxygen atoms in total. The molecule has 98 valence electrons. The molecule has 17 heavy (non-hydrogen) atoms. The van der Waals surface area contributed by atoms with E-state index in [0.29, 0.717) is 0 Å². The largest absolute Gasteiger partial charge is 0.396 e. The number of aromatic nitrogens is 2. The maximum absolute atomic E-state index is 9.07. The van der Waals surface area contributed by atoms with Crippen LogP contribution < -0.4 is 5.32 Å². The smallest absolute Gasteiger partial charge is 0.0522 e. The normalized spacial score (nSPS) is 14.8. The summed E-state index contributed by atoms with van der Waals surface area (Å²) in [6.45, 7) is 8.46. The summed E-state index contributed by atoms with van der Waals surface area (Å²) in [4.78, 5) is 0. The Kier molecular flexibility index (Phi) is 5.65. The van der Waals surface area contributed by atoms with Gasteiger partial charge in [-0.1, -0.05) is 13.8 Å². The van der Waals surface area contributed by atoms with Gasteiger partial charge in [0.25, 0.3) is 0 Å². The average Bonchev–Trinajstić information content (AvgIpc) is 2.75. The predicted octanol–water partition coefficient (Wildman–Crippen LogP) is 1.93. The van der Waals surface area contributed by atoms with Gasteiger partial charge in [-0.3, -0.25) is 4.68 Å². The van der Waals surface area contributed by atoms with Crippen molar-refractivity contribution in [1.82, 2.24) is 15.1 Å². The Morgan fingerprint density at radius 3 is 2.82 bits per heavy atom. The Morgan fingerprint density at radius 1 is 1.47 bits per heavy atom. The zero-order valence-electron chi connectivity index (χ0n) is 11.2. The number of hydrogen-bond donors (Lipinski definition) is 2. The quantitative estimate of drug-likeness (QED) is 0.729. The van der Waals surface area contributed by atoms with E-state index in [1.807, 2.05) is 10.9 Å². The van der Waals surface area contributed by atoms with Gasteiger partial charge in [-0.05, 0) is 32.3 Å². The molecular formula is C13H25N3O. The molecule has 0 saturated heterocycles. The Balaban J connectivity index is 2.56. The standard InChI is InChI=1S/C13H25N3O/c1-4-9-16-12(6-8-15-16)11-14-13(3,5-2)7-10-17/h6,8,14,17H,4-5,7,9-11H2,1-3H3. The lowest BCUT2D eigenvalue weighted by Gasteiger charge is -2.29. The van der Waals surface area contributed by atoms with Crippen molar-refractivity contribution in [2.75, 3.05) is 6.61 Å². The predicted molar refractivity (Wildman–Crippen MR) is 69.8 cm³/mol. The molecule has 0 saturated carbocycles. The molecule has 0 spiro atoms. The van der Waals surface area contributed by atoms with Crippen LogP contribution >= 0.6 is 0 Å². The first-order valence-corrected chi connectivity index (χ1v) is 6.51. The summed E-state index contributed by atoms with van der Waals surface area (Å²) >= 11 is 0. The van der Waals surface area contributed by atoms with E-state index in [4.69, 9.17) is 5.11 Å². The van der Waals surface area contributed by atoms with E-state index in [1.54, 1.807) is 0 Å². The van der Waals surface area contributed by atoms with E-state index in [1.165, 1.54) is 5.69 Å². The van der Waals surface area contributed by atoms with Crippen molar-refractivity contribution in [1.29, 1.82) is 0 Å². The van der Waals surface area contributed by atoms with Crippen LogP contribution in [-0.4, -0.2) is 27.0 Å². The second kappa shape index (κ2) is 6.77. The van der Waals surface area contributed by atoms with E-state index >= 15 is 0 Å². The third-order valence-electron chi connectivity index (χ3n) is 3.38. The molecule has 0 fully saturated rings. The molecule has 1 aromatic heterocycles. The molecule has 1 rings (SSSR count). The number of aliphatic hydroxyl groups is 1. The fraction of sp³-hybridized carbons (Fsp3) is 0.769. The van der Waals surface area contributed by atoms with Gasteiger partial charge in [0.05, 0.1) is 5.69 Å². The lowest BCUT2D eigenvalue weighted by Crippen LogP contribution is -2.42. The highest BCUT2D eigenvalue weighted by molar-refractivity contribution is 5.01. The minimum absolute atomic E-state index is 0.00998. The van der Waals surface area contributed by atoms with Gasteiger partial charge in [0.1, 0.15) is 0 Å². The lowest BCUT2D eigenvalue weighted by molar-refractivity contribution is 0.213. The fourth-order valence-corrected chi connectivity index (χ4v) is 1.86. The number of aliphatic hydroxyl groups excluding tert-OH is 1. The zero-order chi connectivity index (χ0) is 12.7. The summed E-state index contributed by atoms with van der Waals surface area (Å²) < 4.78 is 2.04. The molecule has 0 amide bonds. The lowest BCUT2D eigenvalue weighted by atomic mass is 9.95. The minimum atomic E-state index is 0.00998. The van der Waals surface area contributed by atoms with Gasteiger partial charge in [0, 0.05) is 31.4 Å². The Morgan fingerprint density at radius 2 is 2.24 bits per heavy atom. The van der Waals surface area contributed by atoms with Crippen molar-refractivity contribution in [2.24, 2.45) is 0 Å². The molecule has 1 aromatic rings. The van der Waals surface area contributed by atoms with Crippen LogP contribution in [0.15, 0.2) is 12.3 Å². The number of aryl methyl sites for hydroxylation is 1. The number of nitrogens with one attached hydrogen (secondary N) is 1. The Labute approximate surface area is 104 Å².